The summed E-state index contributed by atoms with van der Waals surface area (Å²) in [5, 5.41) is 16.1. The predicted molar refractivity (Wildman–Crippen MR) is 200 cm³/mol. The molecule has 0 saturated carbocycles. The average Bonchev–Trinajstić information content (AvgIpc) is 3.31. The molecule has 0 fully saturated rings. The normalized spacial score (nSPS) is 15.6. The van der Waals surface area contributed by atoms with Crippen LogP contribution in [0.5, 0.6) is 5.75 Å². The Hall–Kier alpha value is -4.31. The molecule has 5 N–H and O–H groups in total. The molecule has 1 unspecified atom stereocenters. The van der Waals surface area contributed by atoms with Gasteiger partial charge in [0.2, 0.25) is 17.2 Å². The smallest absolute Gasteiger partial charge is 0.317 e. The minimum absolute atomic E-state index is 0.0170. The summed E-state index contributed by atoms with van der Waals surface area (Å²) >= 11 is 5.68. The number of carbonyl (C=O) groups excluding carboxylic acids is 3. The minimum Gasteiger partial charge on any atom is -0.778 e. The summed E-state index contributed by atoms with van der Waals surface area (Å²) in [7, 11) is -3.71. The van der Waals surface area contributed by atoms with Gasteiger partial charge < -0.3 is 34.8 Å². The third-order valence-corrected chi connectivity index (χ3v) is 7.51. The first-order valence-corrected chi connectivity index (χ1v) is 20.7. The lowest BCUT2D eigenvalue weighted by Gasteiger charge is -2.29. The molecule has 1 aliphatic carbocycles. The van der Waals surface area contributed by atoms with Crippen molar-refractivity contribution in [3.05, 3.63) is 34.4 Å². The second-order valence-electron chi connectivity index (χ2n) is 11.5. The van der Waals surface area contributed by atoms with Crippen LogP contribution < -0.4 is 35.4 Å². The lowest BCUT2D eigenvalue weighted by molar-refractivity contribution is -0.193. The number of anilines is 4. The summed E-state index contributed by atoms with van der Waals surface area (Å²) in [5.41, 5.74) is 0.992. The maximum Gasteiger partial charge on any atom is 0.317 e. The number of hydrogen-bond donors (Lipinski definition) is 5. The monoisotopic (exact) mass is 800 g/mol. The average molecular weight is 801 g/mol. The van der Waals surface area contributed by atoms with E-state index >= 15 is 0 Å². The summed E-state index contributed by atoms with van der Waals surface area (Å²) in [5.74, 6) is 0.230. The second-order valence-corrected chi connectivity index (χ2v) is 15.9. The Morgan fingerprint density at radius 3 is 2.04 bits per heavy atom. The largest absolute Gasteiger partial charge is 0.778 e. The zero-order chi connectivity index (χ0) is 39.9. The van der Waals surface area contributed by atoms with Gasteiger partial charge in [-0.25, -0.2) is 9.29 Å². The van der Waals surface area contributed by atoms with E-state index in [1.807, 2.05) is 19.2 Å². The number of carboxylic acids is 1. The highest BCUT2D eigenvalue weighted by Gasteiger charge is 2.41. The standard InChI is InChI=1S/C19H15FN2O4.C7H12ClN5.C3H8NO5P.C3H9S/c1-2-7-21-15-9-14(13(20)8-16(15)26-10-17(21)23)22-18(24)11-5-3-4-6-12(11)19(22)25;1-3-9-6-11-5(8)12-7(13-6)10-4-2;5-3(6)1-4-2-10(7,8)9;1-4(2)3/h1,8-9H,3-7,10H2;3-4H2,1-2H3,(H2,9,10,11,12,13);4H,1-2H2,(H,5,6)(H2,7,8,9);1-3H3/q;;;+1/p-1. The predicted octanol–water partition coefficient (Wildman–Crippen LogP) is 1.97. The maximum atomic E-state index is 14.7. The molecular formula is C32H43ClFN8O9PS. The van der Waals surface area contributed by atoms with Gasteiger partial charge >= 0.3 is 5.97 Å². The van der Waals surface area contributed by atoms with Crippen molar-refractivity contribution in [1.82, 2.24) is 20.3 Å². The Bertz CT molecular complexity index is 1720. The van der Waals surface area contributed by atoms with Gasteiger partial charge in [0.25, 0.3) is 17.7 Å². The number of fused-ring (bicyclic) bond motifs is 1. The van der Waals surface area contributed by atoms with Crippen LogP contribution in [0.4, 0.5) is 27.7 Å². The number of ether oxygens (including phenoxy) is 1. The molecule has 0 radical (unpaired) electrons. The molecular weight excluding hydrogens is 758 g/mol. The van der Waals surface area contributed by atoms with Gasteiger partial charge in [-0.15, -0.1) is 6.42 Å². The molecule has 0 spiro atoms. The van der Waals surface area contributed by atoms with E-state index in [1.54, 1.807) is 0 Å². The summed E-state index contributed by atoms with van der Waals surface area (Å²) in [6, 6.07) is 2.37. The quantitative estimate of drug-likeness (QED) is 0.1000. The summed E-state index contributed by atoms with van der Waals surface area (Å²) in [4.78, 5) is 79.2. The van der Waals surface area contributed by atoms with Gasteiger partial charge in [-0.2, -0.15) is 15.0 Å². The van der Waals surface area contributed by atoms with Gasteiger partial charge in [0.05, 0.1) is 49.5 Å². The van der Waals surface area contributed by atoms with Gasteiger partial charge in [0.15, 0.2) is 12.4 Å². The fourth-order valence-electron chi connectivity index (χ4n) is 4.73. The van der Waals surface area contributed by atoms with Crippen LogP contribution in [0.1, 0.15) is 39.5 Å². The Morgan fingerprint density at radius 2 is 1.58 bits per heavy atom. The van der Waals surface area contributed by atoms with E-state index in [9.17, 15) is 33.0 Å². The van der Waals surface area contributed by atoms with Crippen molar-refractivity contribution in [3.8, 4) is 18.1 Å². The first kappa shape index (κ1) is 44.8. The molecule has 2 aromatic rings. The number of rotatable bonds is 10. The Balaban J connectivity index is 0.000000301. The van der Waals surface area contributed by atoms with E-state index in [0.717, 1.165) is 36.9 Å². The number of terminal acetylenes is 1. The van der Waals surface area contributed by atoms with Crippen molar-refractivity contribution >= 4 is 77.1 Å². The third kappa shape index (κ3) is 14.2. The number of aliphatic carboxylic acids is 1. The van der Waals surface area contributed by atoms with Crippen molar-refractivity contribution < 1.29 is 47.8 Å². The van der Waals surface area contributed by atoms with E-state index in [2.05, 4.69) is 50.3 Å². The zero-order valence-electron chi connectivity index (χ0n) is 29.9. The van der Waals surface area contributed by atoms with Gasteiger partial charge in [-0.1, -0.05) is 5.92 Å². The number of imide groups is 1. The van der Waals surface area contributed by atoms with Crippen LogP contribution >= 0.6 is 19.2 Å². The van der Waals surface area contributed by atoms with E-state index in [1.165, 1.54) is 11.0 Å². The van der Waals surface area contributed by atoms with Crippen LogP contribution in [0.15, 0.2) is 23.3 Å². The molecule has 3 heterocycles. The fourth-order valence-corrected chi connectivity index (χ4v) is 5.29. The molecule has 3 amide bonds. The van der Waals surface area contributed by atoms with Crippen molar-refractivity contribution in [2.45, 2.75) is 39.5 Å². The zero-order valence-corrected chi connectivity index (χ0v) is 32.4. The topological polar surface area (TPSA) is 239 Å². The highest BCUT2D eigenvalue weighted by Crippen LogP contribution is 2.41. The number of hydrogen-bond acceptors (Lipinski definition) is 13. The number of amides is 3. The molecule has 21 heteroatoms. The van der Waals surface area contributed by atoms with E-state index in [0.29, 0.717) is 46.8 Å². The lowest BCUT2D eigenvalue weighted by atomic mass is 9.93. The van der Waals surface area contributed by atoms with Crippen LogP contribution in [0.25, 0.3) is 0 Å². The van der Waals surface area contributed by atoms with Crippen molar-refractivity contribution in [2.75, 3.05) is 78.3 Å². The minimum atomic E-state index is -4.35. The van der Waals surface area contributed by atoms with Crippen molar-refractivity contribution in [2.24, 2.45) is 0 Å². The third-order valence-electron chi connectivity index (χ3n) is 6.72. The van der Waals surface area contributed by atoms with E-state index in [-0.39, 0.29) is 41.5 Å². The SMILES string of the molecule is C#CCN1C(=O)COc2cc(F)c(N3C(=O)C4=C(CCCC4)C3=O)cc21.CCNc1nc(Cl)nc(NCC)n1.C[S+](C)C.O=C(O)CNCP(=O)([O-])O. The van der Waals surface area contributed by atoms with E-state index in [4.69, 9.17) is 32.8 Å². The van der Waals surface area contributed by atoms with Gasteiger partial charge in [0, 0.05) is 30.3 Å². The number of benzene rings is 1. The highest BCUT2D eigenvalue weighted by atomic mass is 35.5. The van der Waals surface area contributed by atoms with Crippen LogP contribution in [0.2, 0.25) is 5.28 Å². The number of halogens is 2. The molecule has 0 bridgehead atoms. The lowest BCUT2D eigenvalue weighted by Crippen LogP contribution is -2.39. The second kappa shape index (κ2) is 21.4. The molecule has 1 atom stereocenters. The molecule has 290 valence electrons. The number of carbonyl (C=O) groups is 4. The molecule has 2 aliphatic heterocycles. The summed E-state index contributed by atoms with van der Waals surface area (Å²) in [6.07, 6.45) is 13.9. The van der Waals surface area contributed by atoms with Crippen molar-refractivity contribution in [3.63, 3.8) is 0 Å². The molecule has 53 heavy (non-hydrogen) atoms. The Kier molecular flexibility index (Phi) is 18.1. The molecule has 5 rings (SSSR count). The van der Waals surface area contributed by atoms with Crippen LogP contribution in [-0.2, 0) is 34.6 Å². The first-order valence-electron chi connectivity index (χ1n) is 16.1. The molecule has 1 aromatic heterocycles. The molecule has 1 aromatic carbocycles. The van der Waals surface area contributed by atoms with Crippen LogP contribution in [-0.4, -0.2) is 106 Å². The fraction of sp³-hybridized carbons (Fsp3) is 0.469. The van der Waals surface area contributed by atoms with Crippen LogP contribution in [0, 0.1) is 18.2 Å². The maximum absolute atomic E-state index is 14.7. The first-order chi connectivity index (χ1) is 24.9. The van der Waals surface area contributed by atoms with E-state index < -0.39 is 44.0 Å². The summed E-state index contributed by atoms with van der Waals surface area (Å²) in [6.45, 7) is 4.70. The van der Waals surface area contributed by atoms with Gasteiger partial charge in [-0.3, -0.25) is 29.4 Å². The Morgan fingerprint density at radius 1 is 1.06 bits per heavy atom. The summed E-state index contributed by atoms with van der Waals surface area (Å²) < 4.78 is 29.9. The van der Waals surface area contributed by atoms with Gasteiger partial charge in [0.1, 0.15) is 13.3 Å². The Labute approximate surface area is 314 Å². The van der Waals surface area contributed by atoms with Gasteiger partial charge in [-0.05, 0) is 68.1 Å². The highest BCUT2D eigenvalue weighted by molar-refractivity contribution is 7.94. The molecule has 0 saturated heterocycles. The van der Waals surface area contributed by atoms with Crippen LogP contribution in [0.3, 0.4) is 0 Å². The van der Waals surface area contributed by atoms with Crippen molar-refractivity contribution in [1.29, 1.82) is 0 Å². The number of nitrogens with one attached hydrogen (secondary N) is 3. The number of carboxylic acid groups (broad SMARTS) is 1. The molecule has 17 nitrogen and oxygen atoms in total. The number of nitrogens with zero attached hydrogens (tertiary/aromatic N) is 5. The molecule has 3 aliphatic rings. The number of aromatic nitrogens is 3.